The predicted molar refractivity (Wildman–Crippen MR) is 70.8 cm³/mol. The fraction of sp³-hybridized carbons (Fsp3) is 0.846. The van der Waals surface area contributed by atoms with E-state index >= 15 is 0 Å². The second-order valence-electron chi connectivity index (χ2n) is 4.98. The third kappa shape index (κ3) is 4.64. The van der Waals surface area contributed by atoms with Gasteiger partial charge < -0.3 is 15.8 Å². The van der Waals surface area contributed by atoms with Crippen molar-refractivity contribution in [3.8, 4) is 0 Å². The van der Waals surface area contributed by atoms with Gasteiger partial charge in [-0.25, -0.2) is 4.79 Å². The van der Waals surface area contributed by atoms with Gasteiger partial charge in [0.15, 0.2) is 0 Å². The number of rotatable bonds is 7. The molecule has 0 aromatic heterocycles. The van der Waals surface area contributed by atoms with Crippen LogP contribution in [-0.2, 0) is 14.3 Å². The Morgan fingerprint density at radius 2 is 1.83 bits per heavy atom. The minimum atomic E-state index is -0.597. The number of ether oxygens (including phenoxy) is 1. The van der Waals surface area contributed by atoms with E-state index in [2.05, 4.69) is 5.32 Å². The van der Waals surface area contributed by atoms with E-state index < -0.39 is 12.0 Å². The first kappa shape index (κ1) is 16.9. The smallest absolute Gasteiger partial charge is 0.328 e. The summed E-state index contributed by atoms with van der Waals surface area (Å²) in [6.07, 6.45) is 0.787. The van der Waals surface area contributed by atoms with Crippen molar-refractivity contribution in [1.29, 1.82) is 0 Å². The Balaban J connectivity index is 4.77. The molecule has 106 valence electrons. The first-order chi connectivity index (χ1) is 8.38. The van der Waals surface area contributed by atoms with Crippen LogP contribution in [0.3, 0.4) is 0 Å². The lowest BCUT2D eigenvalue weighted by molar-refractivity contribution is -0.147. The molecule has 0 aromatic carbocycles. The van der Waals surface area contributed by atoms with E-state index in [9.17, 15) is 9.59 Å². The van der Waals surface area contributed by atoms with Crippen LogP contribution in [0, 0.1) is 17.8 Å². The molecular formula is C13H26N2O3. The second-order valence-corrected chi connectivity index (χ2v) is 4.98. The third-order valence-electron chi connectivity index (χ3n) is 3.36. The maximum Gasteiger partial charge on any atom is 0.328 e. The molecule has 5 nitrogen and oxygen atoms in total. The number of hydrogen-bond acceptors (Lipinski definition) is 4. The number of hydrogen-bond donors (Lipinski definition) is 2. The van der Waals surface area contributed by atoms with E-state index in [1.165, 1.54) is 7.11 Å². The fourth-order valence-electron chi connectivity index (χ4n) is 1.74. The first-order valence-corrected chi connectivity index (χ1v) is 6.47. The molecule has 0 rings (SSSR count). The zero-order chi connectivity index (χ0) is 14.3. The Morgan fingerprint density at radius 3 is 2.17 bits per heavy atom. The number of amides is 1. The molecule has 3 atom stereocenters. The highest BCUT2D eigenvalue weighted by Gasteiger charge is 2.30. The van der Waals surface area contributed by atoms with Crippen LogP contribution in [0.2, 0.25) is 0 Å². The molecule has 0 heterocycles. The van der Waals surface area contributed by atoms with Gasteiger partial charge in [0, 0.05) is 6.54 Å². The van der Waals surface area contributed by atoms with Crippen LogP contribution in [-0.4, -0.2) is 31.6 Å². The molecule has 3 N–H and O–H groups in total. The SMILES string of the molecule is CCC(C)C(NC(=O)C(CN)C(C)C)C(=O)OC. The van der Waals surface area contributed by atoms with Gasteiger partial charge in [0.25, 0.3) is 0 Å². The molecule has 5 heteroatoms. The van der Waals surface area contributed by atoms with Crippen LogP contribution in [0.5, 0.6) is 0 Å². The number of carbonyl (C=O) groups excluding carboxylic acids is 2. The van der Waals surface area contributed by atoms with Gasteiger partial charge in [0.05, 0.1) is 13.0 Å². The van der Waals surface area contributed by atoms with E-state index in [-0.39, 0.29) is 30.2 Å². The molecule has 18 heavy (non-hydrogen) atoms. The summed E-state index contributed by atoms with van der Waals surface area (Å²) in [5.74, 6) is -0.682. The predicted octanol–water partition coefficient (Wildman–Crippen LogP) is 0.921. The standard InChI is InChI=1S/C13H26N2O3/c1-6-9(4)11(13(17)18-5)15-12(16)10(7-14)8(2)3/h8-11H,6-7,14H2,1-5H3,(H,15,16). The van der Waals surface area contributed by atoms with E-state index in [1.807, 2.05) is 27.7 Å². The van der Waals surface area contributed by atoms with Gasteiger partial charge in [-0.15, -0.1) is 0 Å². The van der Waals surface area contributed by atoms with Gasteiger partial charge >= 0.3 is 5.97 Å². The molecular weight excluding hydrogens is 232 g/mol. The summed E-state index contributed by atoms with van der Waals surface area (Å²) >= 11 is 0. The fourth-order valence-corrected chi connectivity index (χ4v) is 1.74. The number of methoxy groups -OCH3 is 1. The summed E-state index contributed by atoms with van der Waals surface area (Å²) in [5.41, 5.74) is 5.59. The summed E-state index contributed by atoms with van der Waals surface area (Å²) in [4.78, 5) is 23.7. The molecule has 0 fully saturated rings. The van der Waals surface area contributed by atoms with E-state index in [0.717, 1.165) is 6.42 Å². The molecule has 0 bridgehead atoms. The summed E-state index contributed by atoms with van der Waals surface area (Å²) in [5, 5.41) is 2.76. The third-order valence-corrected chi connectivity index (χ3v) is 3.36. The Bertz CT molecular complexity index is 279. The normalized spacial score (nSPS) is 15.9. The topological polar surface area (TPSA) is 81.4 Å². The largest absolute Gasteiger partial charge is 0.467 e. The summed E-state index contributed by atoms with van der Waals surface area (Å²) in [7, 11) is 1.33. The van der Waals surface area contributed by atoms with E-state index in [1.54, 1.807) is 0 Å². The Kier molecular flexibility index (Phi) is 7.59. The number of carbonyl (C=O) groups is 2. The van der Waals surface area contributed by atoms with Gasteiger partial charge in [0.2, 0.25) is 5.91 Å². The maximum absolute atomic E-state index is 12.1. The van der Waals surface area contributed by atoms with Gasteiger partial charge in [0.1, 0.15) is 6.04 Å². The molecule has 0 saturated heterocycles. The van der Waals surface area contributed by atoms with Crippen molar-refractivity contribution in [2.45, 2.75) is 40.2 Å². The average Bonchev–Trinajstić information content (AvgIpc) is 2.34. The minimum Gasteiger partial charge on any atom is -0.467 e. The summed E-state index contributed by atoms with van der Waals surface area (Å²) < 4.78 is 4.73. The van der Waals surface area contributed by atoms with Crippen LogP contribution in [0.1, 0.15) is 34.1 Å². The first-order valence-electron chi connectivity index (χ1n) is 6.47. The number of nitrogens with one attached hydrogen (secondary N) is 1. The second kappa shape index (κ2) is 8.08. The number of esters is 1. The van der Waals surface area contributed by atoms with Crippen molar-refractivity contribution in [2.24, 2.45) is 23.5 Å². The lowest BCUT2D eigenvalue weighted by Crippen LogP contribution is -2.49. The summed E-state index contributed by atoms with van der Waals surface area (Å²) in [6.45, 7) is 8.03. The molecule has 0 aromatic rings. The van der Waals surface area contributed by atoms with Gasteiger partial charge in [-0.1, -0.05) is 34.1 Å². The monoisotopic (exact) mass is 258 g/mol. The van der Waals surface area contributed by atoms with Crippen LogP contribution in [0.15, 0.2) is 0 Å². The Hall–Kier alpha value is -1.10. The maximum atomic E-state index is 12.1. The Morgan fingerprint density at radius 1 is 1.28 bits per heavy atom. The molecule has 0 saturated carbocycles. The molecule has 3 unspecified atom stereocenters. The minimum absolute atomic E-state index is 0.0342. The van der Waals surface area contributed by atoms with Crippen molar-refractivity contribution < 1.29 is 14.3 Å². The molecule has 0 aliphatic rings. The zero-order valence-corrected chi connectivity index (χ0v) is 12.0. The number of nitrogens with two attached hydrogens (primary N) is 1. The van der Waals surface area contributed by atoms with Crippen molar-refractivity contribution in [2.75, 3.05) is 13.7 Å². The van der Waals surface area contributed by atoms with Crippen LogP contribution >= 0.6 is 0 Å². The highest BCUT2D eigenvalue weighted by atomic mass is 16.5. The van der Waals surface area contributed by atoms with Crippen LogP contribution < -0.4 is 11.1 Å². The summed E-state index contributed by atoms with van der Waals surface area (Å²) in [6, 6.07) is -0.597. The molecule has 0 aliphatic heterocycles. The molecule has 0 spiro atoms. The Labute approximate surface area is 109 Å². The average molecular weight is 258 g/mol. The quantitative estimate of drug-likeness (QED) is 0.665. The van der Waals surface area contributed by atoms with Crippen molar-refractivity contribution in [1.82, 2.24) is 5.32 Å². The molecule has 1 amide bonds. The van der Waals surface area contributed by atoms with Crippen LogP contribution in [0.4, 0.5) is 0 Å². The van der Waals surface area contributed by atoms with Crippen LogP contribution in [0.25, 0.3) is 0 Å². The highest BCUT2D eigenvalue weighted by Crippen LogP contribution is 2.13. The van der Waals surface area contributed by atoms with Crippen molar-refractivity contribution >= 4 is 11.9 Å². The molecule has 0 aliphatic carbocycles. The van der Waals surface area contributed by atoms with E-state index in [0.29, 0.717) is 0 Å². The van der Waals surface area contributed by atoms with Crippen molar-refractivity contribution in [3.05, 3.63) is 0 Å². The van der Waals surface area contributed by atoms with Gasteiger partial charge in [-0.05, 0) is 11.8 Å². The lowest BCUT2D eigenvalue weighted by Gasteiger charge is -2.25. The van der Waals surface area contributed by atoms with Gasteiger partial charge in [-0.3, -0.25) is 4.79 Å². The highest BCUT2D eigenvalue weighted by molar-refractivity contribution is 5.86. The van der Waals surface area contributed by atoms with Gasteiger partial charge in [-0.2, -0.15) is 0 Å². The zero-order valence-electron chi connectivity index (χ0n) is 12.0. The molecule has 0 radical (unpaired) electrons. The lowest BCUT2D eigenvalue weighted by atomic mass is 9.93. The van der Waals surface area contributed by atoms with E-state index in [4.69, 9.17) is 10.5 Å². The van der Waals surface area contributed by atoms with Crippen molar-refractivity contribution in [3.63, 3.8) is 0 Å².